The molecule has 0 spiro atoms. The minimum Gasteiger partial charge on any atom is -0.337 e. The lowest BCUT2D eigenvalue weighted by molar-refractivity contribution is 0.664. The number of nitrogens with zero attached hydrogens (tertiary/aromatic N) is 3. The molecule has 0 aliphatic carbocycles. The highest BCUT2D eigenvalue weighted by atomic mass is 32.1. The lowest BCUT2D eigenvalue weighted by Gasteiger charge is -2.23. The molecule has 5 heteroatoms. The number of hydrogen-bond acceptors (Lipinski definition) is 5. The summed E-state index contributed by atoms with van der Waals surface area (Å²) in [6, 6.07) is 6.61. The minimum absolute atomic E-state index is 0.389. The molecule has 4 nitrogen and oxygen atoms in total. The first kappa shape index (κ1) is 12.6. The van der Waals surface area contributed by atoms with Crippen LogP contribution >= 0.6 is 11.3 Å². The molecule has 2 aromatic heterocycles. The highest BCUT2D eigenvalue weighted by molar-refractivity contribution is 7.15. The maximum absolute atomic E-state index is 5.82. The van der Waals surface area contributed by atoms with Gasteiger partial charge in [-0.25, -0.2) is 9.97 Å². The summed E-state index contributed by atoms with van der Waals surface area (Å²) in [7, 11) is 0. The van der Waals surface area contributed by atoms with Crippen LogP contribution in [0.1, 0.15) is 17.7 Å². The van der Waals surface area contributed by atoms with Crippen molar-refractivity contribution >= 4 is 17.3 Å². The van der Waals surface area contributed by atoms with E-state index in [1.54, 1.807) is 11.3 Å². The summed E-state index contributed by atoms with van der Waals surface area (Å²) >= 11 is 1.77. The lowest BCUT2D eigenvalue weighted by atomic mass is 10.2. The molecule has 0 amide bonds. The van der Waals surface area contributed by atoms with Crippen molar-refractivity contribution in [3.63, 3.8) is 0 Å². The van der Waals surface area contributed by atoms with Crippen molar-refractivity contribution in [2.75, 3.05) is 18.0 Å². The quantitative estimate of drug-likeness (QED) is 0.934. The maximum atomic E-state index is 5.82. The Morgan fingerprint density at radius 1 is 1.42 bits per heavy atom. The third-order valence-corrected chi connectivity index (χ3v) is 4.56. The fourth-order valence-corrected chi connectivity index (χ4v) is 3.38. The zero-order valence-electron chi connectivity index (χ0n) is 11.0. The Morgan fingerprint density at radius 3 is 3.05 bits per heavy atom. The van der Waals surface area contributed by atoms with Crippen LogP contribution in [0.25, 0.3) is 10.6 Å². The summed E-state index contributed by atoms with van der Waals surface area (Å²) in [5, 5.41) is 0. The monoisotopic (exact) mass is 274 g/mol. The van der Waals surface area contributed by atoms with Gasteiger partial charge in [-0.2, -0.15) is 0 Å². The van der Waals surface area contributed by atoms with E-state index in [4.69, 9.17) is 10.7 Å². The number of hydrogen-bond donors (Lipinski definition) is 1. The second kappa shape index (κ2) is 5.27. The van der Waals surface area contributed by atoms with Gasteiger partial charge in [-0.1, -0.05) is 0 Å². The molecular formula is C14H18N4S. The summed E-state index contributed by atoms with van der Waals surface area (Å²) in [5.41, 5.74) is 6.82. The molecule has 0 aromatic carbocycles. The molecule has 0 radical (unpaired) electrons. The molecule has 0 bridgehead atoms. The average molecular weight is 274 g/mol. The SMILES string of the molecule is Cc1ccc(-c2ccnc(N3CCCC3CN)n2)s1. The number of aromatic nitrogens is 2. The van der Waals surface area contributed by atoms with E-state index in [0.29, 0.717) is 12.6 Å². The van der Waals surface area contributed by atoms with Crippen molar-refractivity contribution in [2.24, 2.45) is 5.73 Å². The van der Waals surface area contributed by atoms with Gasteiger partial charge in [0.2, 0.25) is 5.95 Å². The number of nitrogens with two attached hydrogens (primary N) is 1. The molecule has 1 aliphatic rings. The molecule has 1 fully saturated rings. The fourth-order valence-electron chi connectivity index (χ4n) is 2.54. The van der Waals surface area contributed by atoms with Crippen LogP contribution in [-0.2, 0) is 0 Å². The summed E-state index contributed by atoms with van der Waals surface area (Å²) < 4.78 is 0. The second-order valence-corrected chi connectivity index (χ2v) is 6.17. The van der Waals surface area contributed by atoms with Gasteiger partial charge in [0.05, 0.1) is 10.6 Å². The van der Waals surface area contributed by atoms with Crippen molar-refractivity contribution in [3.05, 3.63) is 29.3 Å². The van der Waals surface area contributed by atoms with Gasteiger partial charge in [-0.15, -0.1) is 11.3 Å². The van der Waals surface area contributed by atoms with Gasteiger partial charge in [0.15, 0.2) is 0 Å². The standard InChI is InChI=1S/C14H18N4S/c1-10-4-5-13(19-10)12-6-7-16-14(17-12)18-8-2-3-11(18)9-15/h4-7,11H,2-3,8-9,15H2,1H3. The highest BCUT2D eigenvalue weighted by Crippen LogP contribution is 2.28. The third kappa shape index (κ3) is 2.48. The van der Waals surface area contributed by atoms with Gasteiger partial charge >= 0.3 is 0 Å². The fraction of sp³-hybridized carbons (Fsp3) is 0.429. The third-order valence-electron chi connectivity index (χ3n) is 3.54. The second-order valence-electron chi connectivity index (χ2n) is 4.88. The van der Waals surface area contributed by atoms with Crippen LogP contribution in [0.3, 0.4) is 0 Å². The Kier molecular flexibility index (Phi) is 3.48. The molecule has 100 valence electrons. The summed E-state index contributed by atoms with van der Waals surface area (Å²) in [5.74, 6) is 0.816. The molecule has 1 atom stereocenters. The van der Waals surface area contributed by atoms with E-state index in [2.05, 4.69) is 28.9 Å². The Balaban J connectivity index is 1.91. The van der Waals surface area contributed by atoms with Crippen molar-refractivity contribution in [1.82, 2.24) is 9.97 Å². The molecule has 3 heterocycles. The molecule has 2 aromatic rings. The van der Waals surface area contributed by atoms with Crippen LogP contribution in [0.4, 0.5) is 5.95 Å². The number of thiophene rings is 1. The van der Waals surface area contributed by atoms with E-state index >= 15 is 0 Å². The van der Waals surface area contributed by atoms with Crippen molar-refractivity contribution in [3.8, 4) is 10.6 Å². The topological polar surface area (TPSA) is 55.0 Å². The largest absolute Gasteiger partial charge is 0.337 e. The molecule has 19 heavy (non-hydrogen) atoms. The predicted octanol–water partition coefficient (Wildman–Crippen LogP) is 2.44. The van der Waals surface area contributed by atoms with Crippen molar-refractivity contribution in [2.45, 2.75) is 25.8 Å². The van der Waals surface area contributed by atoms with Gasteiger partial charge < -0.3 is 10.6 Å². The zero-order chi connectivity index (χ0) is 13.2. The van der Waals surface area contributed by atoms with Crippen LogP contribution in [0.2, 0.25) is 0 Å². The number of aryl methyl sites for hydroxylation is 1. The van der Waals surface area contributed by atoms with Crippen molar-refractivity contribution < 1.29 is 0 Å². The Bertz CT molecular complexity index is 566. The highest BCUT2D eigenvalue weighted by Gasteiger charge is 2.25. The van der Waals surface area contributed by atoms with Gasteiger partial charge in [-0.05, 0) is 38.0 Å². The van der Waals surface area contributed by atoms with E-state index in [1.165, 1.54) is 16.2 Å². The van der Waals surface area contributed by atoms with Gasteiger partial charge in [0, 0.05) is 30.2 Å². The first-order valence-corrected chi connectivity index (χ1v) is 7.46. The first-order chi connectivity index (χ1) is 9.28. The van der Waals surface area contributed by atoms with E-state index in [0.717, 1.165) is 24.6 Å². The first-order valence-electron chi connectivity index (χ1n) is 6.64. The lowest BCUT2D eigenvalue weighted by Crippen LogP contribution is -2.36. The summed E-state index contributed by atoms with van der Waals surface area (Å²) in [6.45, 7) is 3.79. The summed E-state index contributed by atoms with van der Waals surface area (Å²) in [6.07, 6.45) is 4.16. The normalized spacial score (nSPS) is 19.1. The zero-order valence-corrected chi connectivity index (χ0v) is 11.9. The van der Waals surface area contributed by atoms with E-state index < -0.39 is 0 Å². The van der Waals surface area contributed by atoms with Crippen LogP contribution in [0.5, 0.6) is 0 Å². The number of anilines is 1. The van der Waals surface area contributed by atoms with Gasteiger partial charge in [0.1, 0.15) is 0 Å². The minimum atomic E-state index is 0.389. The van der Waals surface area contributed by atoms with Crippen LogP contribution in [0, 0.1) is 6.92 Å². The van der Waals surface area contributed by atoms with Crippen LogP contribution in [0.15, 0.2) is 24.4 Å². The molecule has 3 rings (SSSR count). The van der Waals surface area contributed by atoms with Crippen molar-refractivity contribution in [1.29, 1.82) is 0 Å². The smallest absolute Gasteiger partial charge is 0.226 e. The van der Waals surface area contributed by atoms with Gasteiger partial charge in [0.25, 0.3) is 0 Å². The molecule has 2 N–H and O–H groups in total. The molecular weight excluding hydrogens is 256 g/mol. The molecule has 0 saturated carbocycles. The molecule has 1 unspecified atom stereocenters. The Labute approximate surface area is 117 Å². The van der Waals surface area contributed by atoms with Gasteiger partial charge in [-0.3, -0.25) is 0 Å². The number of rotatable bonds is 3. The van der Waals surface area contributed by atoms with E-state index in [9.17, 15) is 0 Å². The Morgan fingerprint density at radius 2 is 2.32 bits per heavy atom. The summed E-state index contributed by atoms with van der Waals surface area (Å²) in [4.78, 5) is 13.9. The molecule has 1 aliphatic heterocycles. The van der Waals surface area contributed by atoms with E-state index in [-0.39, 0.29) is 0 Å². The van der Waals surface area contributed by atoms with Crippen LogP contribution < -0.4 is 10.6 Å². The van der Waals surface area contributed by atoms with E-state index in [1.807, 2.05) is 12.3 Å². The Hall–Kier alpha value is -1.46. The molecule has 1 saturated heterocycles. The van der Waals surface area contributed by atoms with Crippen LogP contribution in [-0.4, -0.2) is 29.1 Å². The maximum Gasteiger partial charge on any atom is 0.226 e. The average Bonchev–Trinajstić information content (AvgIpc) is 3.07. The predicted molar refractivity (Wildman–Crippen MR) is 79.5 cm³/mol.